The lowest BCUT2D eigenvalue weighted by atomic mass is 10.00. The Balaban J connectivity index is 1.42. The summed E-state index contributed by atoms with van der Waals surface area (Å²) in [6.45, 7) is 2.56. The second-order valence-electron chi connectivity index (χ2n) is 6.46. The van der Waals surface area contributed by atoms with Crippen LogP contribution >= 0.6 is 0 Å². The molecule has 2 heterocycles. The highest BCUT2D eigenvalue weighted by molar-refractivity contribution is 5.94. The summed E-state index contributed by atoms with van der Waals surface area (Å²) in [5, 5.41) is 2.99. The number of hydrogen-bond acceptors (Lipinski definition) is 3. The molecule has 1 aromatic heterocycles. The van der Waals surface area contributed by atoms with Crippen molar-refractivity contribution in [3.05, 3.63) is 88.9 Å². The van der Waals surface area contributed by atoms with Crippen molar-refractivity contribution in [2.75, 3.05) is 13.1 Å². The molecule has 0 unspecified atom stereocenters. The van der Waals surface area contributed by atoms with Gasteiger partial charge in [-0.15, -0.1) is 0 Å². The number of fused-ring (bicyclic) bond motifs is 1. The summed E-state index contributed by atoms with van der Waals surface area (Å²) in [5.41, 5.74) is 5.77. The Morgan fingerprint density at radius 2 is 1.84 bits per heavy atom. The Kier molecular flexibility index (Phi) is 4.34. The Morgan fingerprint density at radius 1 is 1.08 bits per heavy atom. The van der Waals surface area contributed by atoms with E-state index < -0.39 is 0 Å². The van der Waals surface area contributed by atoms with Gasteiger partial charge >= 0.3 is 0 Å². The molecule has 4 rings (SSSR count). The number of nitrogens with one attached hydrogen (secondary N) is 1. The van der Waals surface area contributed by atoms with Gasteiger partial charge in [0.1, 0.15) is 0 Å². The average molecular weight is 331 g/mol. The third-order valence-corrected chi connectivity index (χ3v) is 4.87. The lowest BCUT2D eigenvalue weighted by molar-refractivity contribution is 0.0951. The minimum atomic E-state index is -0.0228. The molecule has 4 heteroatoms. The predicted octanol–water partition coefficient (Wildman–Crippen LogP) is 2.87. The summed E-state index contributed by atoms with van der Waals surface area (Å²) in [6, 6.07) is 9.95. The predicted molar refractivity (Wildman–Crippen MR) is 98.1 cm³/mol. The number of aromatic nitrogens is 1. The van der Waals surface area contributed by atoms with Crippen LogP contribution in [0.15, 0.2) is 66.7 Å². The minimum absolute atomic E-state index is 0.0228. The van der Waals surface area contributed by atoms with E-state index in [2.05, 4.69) is 45.6 Å². The summed E-state index contributed by atoms with van der Waals surface area (Å²) in [7, 11) is 0. The van der Waals surface area contributed by atoms with Gasteiger partial charge in [0.25, 0.3) is 5.91 Å². The van der Waals surface area contributed by atoms with Gasteiger partial charge in [0.2, 0.25) is 0 Å². The molecule has 1 aliphatic heterocycles. The summed E-state index contributed by atoms with van der Waals surface area (Å²) < 4.78 is 0. The molecule has 2 aromatic rings. The molecule has 0 fully saturated rings. The Morgan fingerprint density at radius 3 is 2.56 bits per heavy atom. The zero-order chi connectivity index (χ0) is 17.1. The van der Waals surface area contributed by atoms with E-state index in [1.165, 1.54) is 16.8 Å². The van der Waals surface area contributed by atoms with E-state index in [1.807, 2.05) is 18.2 Å². The largest absolute Gasteiger partial charge is 0.371 e. The number of rotatable bonds is 4. The fourth-order valence-electron chi connectivity index (χ4n) is 3.30. The van der Waals surface area contributed by atoms with Crippen molar-refractivity contribution in [3.63, 3.8) is 0 Å². The van der Waals surface area contributed by atoms with E-state index in [0.717, 1.165) is 37.1 Å². The standard InChI is InChI=1S/C21H21N3O/c25-21(23-15-16-6-10-22-11-7-16)19-5-4-17-8-12-24(20-2-1-3-20)13-9-18(17)14-19/h1-7,10-11,14H,8-9,12-13,15H2,(H,23,25). The van der Waals surface area contributed by atoms with Crippen LogP contribution in [0.4, 0.5) is 0 Å². The number of carbonyl (C=O) groups is 1. The number of carbonyl (C=O) groups excluding carboxylic acids is 1. The molecular weight excluding hydrogens is 310 g/mol. The van der Waals surface area contributed by atoms with Crippen molar-refractivity contribution in [3.8, 4) is 0 Å². The summed E-state index contributed by atoms with van der Waals surface area (Å²) in [6.07, 6.45) is 11.9. The van der Waals surface area contributed by atoms with Gasteiger partial charge in [-0.2, -0.15) is 0 Å². The van der Waals surface area contributed by atoms with Crippen LogP contribution in [0.5, 0.6) is 0 Å². The molecule has 1 aromatic carbocycles. The van der Waals surface area contributed by atoms with E-state index in [1.54, 1.807) is 12.4 Å². The van der Waals surface area contributed by atoms with Gasteiger partial charge < -0.3 is 10.2 Å². The van der Waals surface area contributed by atoms with E-state index in [4.69, 9.17) is 0 Å². The maximum atomic E-state index is 12.5. The first-order valence-corrected chi connectivity index (χ1v) is 8.72. The van der Waals surface area contributed by atoms with Crippen molar-refractivity contribution in [1.82, 2.24) is 15.2 Å². The van der Waals surface area contributed by atoms with E-state index in [9.17, 15) is 4.79 Å². The first-order chi connectivity index (χ1) is 12.3. The fourth-order valence-corrected chi connectivity index (χ4v) is 3.30. The van der Waals surface area contributed by atoms with Gasteiger partial charge in [0.15, 0.2) is 0 Å². The van der Waals surface area contributed by atoms with Crippen LogP contribution in [-0.4, -0.2) is 28.9 Å². The fraction of sp³-hybridized carbons (Fsp3) is 0.238. The van der Waals surface area contributed by atoms with Gasteiger partial charge in [-0.25, -0.2) is 0 Å². The molecule has 0 saturated heterocycles. The maximum absolute atomic E-state index is 12.5. The van der Waals surface area contributed by atoms with Crippen LogP contribution < -0.4 is 5.32 Å². The summed E-state index contributed by atoms with van der Waals surface area (Å²) in [4.78, 5) is 18.9. The van der Waals surface area contributed by atoms with Crippen molar-refractivity contribution >= 4 is 5.91 Å². The molecule has 0 atom stereocenters. The normalized spacial score (nSPS) is 15.7. The minimum Gasteiger partial charge on any atom is -0.371 e. The van der Waals surface area contributed by atoms with E-state index in [-0.39, 0.29) is 5.91 Å². The highest BCUT2D eigenvalue weighted by atomic mass is 16.1. The lowest BCUT2D eigenvalue weighted by Gasteiger charge is -2.26. The van der Waals surface area contributed by atoms with Gasteiger partial charge in [-0.3, -0.25) is 9.78 Å². The number of allylic oxidation sites excluding steroid dienone is 3. The first-order valence-electron chi connectivity index (χ1n) is 8.72. The molecular formula is C21H21N3O. The highest BCUT2D eigenvalue weighted by Gasteiger charge is 2.17. The van der Waals surface area contributed by atoms with Gasteiger partial charge in [-0.1, -0.05) is 12.1 Å². The zero-order valence-corrected chi connectivity index (χ0v) is 14.1. The molecule has 126 valence electrons. The molecule has 1 aliphatic carbocycles. The molecule has 1 N–H and O–H groups in total. The smallest absolute Gasteiger partial charge is 0.251 e. The van der Waals surface area contributed by atoms with Crippen LogP contribution in [0, 0.1) is 0 Å². The molecule has 25 heavy (non-hydrogen) atoms. The SMILES string of the molecule is O=C(NCc1ccncc1)c1ccc2c(c1)CCN(C1=CC=C1)CC2. The van der Waals surface area contributed by atoms with Crippen LogP contribution in [-0.2, 0) is 19.4 Å². The molecule has 0 spiro atoms. The first kappa shape index (κ1) is 15.6. The molecule has 2 aliphatic rings. The number of amides is 1. The monoisotopic (exact) mass is 331 g/mol. The second-order valence-corrected chi connectivity index (χ2v) is 6.46. The Hall–Kier alpha value is -2.88. The van der Waals surface area contributed by atoms with Crippen molar-refractivity contribution in [2.45, 2.75) is 19.4 Å². The van der Waals surface area contributed by atoms with Crippen LogP contribution in [0.3, 0.4) is 0 Å². The number of hydrogen-bond donors (Lipinski definition) is 1. The number of benzene rings is 1. The molecule has 1 amide bonds. The van der Waals surface area contributed by atoms with Gasteiger partial charge in [0, 0.05) is 43.3 Å². The average Bonchev–Trinajstić information content (AvgIpc) is 2.81. The van der Waals surface area contributed by atoms with Crippen molar-refractivity contribution < 1.29 is 4.79 Å². The van der Waals surface area contributed by atoms with E-state index >= 15 is 0 Å². The molecule has 4 nitrogen and oxygen atoms in total. The van der Waals surface area contributed by atoms with Crippen LogP contribution in [0.2, 0.25) is 0 Å². The molecule has 0 saturated carbocycles. The highest BCUT2D eigenvalue weighted by Crippen LogP contribution is 2.22. The van der Waals surface area contributed by atoms with E-state index in [0.29, 0.717) is 6.54 Å². The van der Waals surface area contributed by atoms with Crippen LogP contribution in [0.25, 0.3) is 0 Å². The van der Waals surface area contributed by atoms with Gasteiger partial charge in [0.05, 0.1) is 0 Å². The quantitative estimate of drug-likeness (QED) is 0.937. The number of pyridine rings is 1. The third kappa shape index (κ3) is 3.48. The summed E-state index contributed by atoms with van der Waals surface area (Å²) >= 11 is 0. The lowest BCUT2D eigenvalue weighted by Crippen LogP contribution is -2.26. The maximum Gasteiger partial charge on any atom is 0.251 e. The second kappa shape index (κ2) is 6.93. The van der Waals surface area contributed by atoms with Gasteiger partial charge in [-0.05, 0) is 65.9 Å². The Bertz CT molecular complexity index is 839. The Labute approximate surface area is 147 Å². The molecule has 0 radical (unpaired) electrons. The van der Waals surface area contributed by atoms with Crippen LogP contribution in [0.1, 0.15) is 27.0 Å². The third-order valence-electron chi connectivity index (χ3n) is 4.87. The van der Waals surface area contributed by atoms with Crippen molar-refractivity contribution in [2.24, 2.45) is 0 Å². The number of nitrogens with zero attached hydrogens (tertiary/aromatic N) is 2. The zero-order valence-electron chi connectivity index (χ0n) is 14.1. The molecule has 0 bridgehead atoms. The van der Waals surface area contributed by atoms with Crippen molar-refractivity contribution in [1.29, 1.82) is 0 Å². The topological polar surface area (TPSA) is 45.2 Å². The summed E-state index contributed by atoms with van der Waals surface area (Å²) in [5.74, 6) is -0.0228.